The van der Waals surface area contributed by atoms with E-state index in [1.807, 2.05) is 25.8 Å². The van der Waals surface area contributed by atoms with Gasteiger partial charge < -0.3 is 15.4 Å². The fraction of sp³-hybridized carbons (Fsp3) is 0.500. The molecule has 0 bridgehead atoms. The highest BCUT2D eigenvalue weighted by molar-refractivity contribution is 7.09. The van der Waals surface area contributed by atoms with Crippen molar-refractivity contribution in [3.63, 3.8) is 0 Å². The SMILES string of the molecule is CC(C)Oc1nc(N)nc(N(C)C(C)Cc2cccs2)n1. The van der Waals surface area contributed by atoms with E-state index in [1.54, 1.807) is 11.3 Å². The Morgan fingerprint density at radius 1 is 1.29 bits per heavy atom. The van der Waals surface area contributed by atoms with Gasteiger partial charge >= 0.3 is 6.01 Å². The molecule has 0 aromatic carbocycles. The van der Waals surface area contributed by atoms with E-state index in [0.717, 1.165) is 6.42 Å². The smallest absolute Gasteiger partial charge is 0.323 e. The van der Waals surface area contributed by atoms with E-state index in [1.165, 1.54) is 4.88 Å². The van der Waals surface area contributed by atoms with Crippen LogP contribution in [-0.4, -0.2) is 34.1 Å². The predicted molar refractivity (Wildman–Crippen MR) is 85.9 cm³/mol. The molecule has 1 atom stereocenters. The minimum Gasteiger partial charge on any atom is -0.461 e. The Kier molecular flexibility index (Phi) is 4.95. The van der Waals surface area contributed by atoms with E-state index in [2.05, 4.69) is 39.4 Å². The lowest BCUT2D eigenvalue weighted by molar-refractivity contribution is 0.222. The molecule has 0 aliphatic rings. The Hall–Kier alpha value is -1.89. The number of aromatic nitrogens is 3. The van der Waals surface area contributed by atoms with Crippen LogP contribution in [0, 0.1) is 0 Å². The van der Waals surface area contributed by atoms with Crippen LogP contribution in [0.15, 0.2) is 17.5 Å². The molecular formula is C14H21N5OS. The van der Waals surface area contributed by atoms with E-state index in [-0.39, 0.29) is 24.1 Å². The predicted octanol–water partition coefficient (Wildman–Crippen LogP) is 2.37. The van der Waals surface area contributed by atoms with Crippen molar-refractivity contribution in [1.29, 1.82) is 0 Å². The Bertz CT molecular complexity index is 573. The minimum absolute atomic E-state index is 0.00602. The van der Waals surface area contributed by atoms with Crippen LogP contribution in [0.4, 0.5) is 11.9 Å². The highest BCUT2D eigenvalue weighted by Crippen LogP contribution is 2.19. The second-order valence-corrected chi connectivity index (χ2v) is 6.22. The zero-order valence-electron chi connectivity index (χ0n) is 12.8. The van der Waals surface area contributed by atoms with Crippen molar-refractivity contribution in [2.75, 3.05) is 17.7 Å². The quantitative estimate of drug-likeness (QED) is 0.883. The average Bonchev–Trinajstić information content (AvgIpc) is 2.89. The number of thiophene rings is 1. The van der Waals surface area contributed by atoms with Gasteiger partial charge in [-0.3, -0.25) is 0 Å². The lowest BCUT2D eigenvalue weighted by Crippen LogP contribution is -2.32. The summed E-state index contributed by atoms with van der Waals surface area (Å²) in [6, 6.07) is 4.70. The van der Waals surface area contributed by atoms with Gasteiger partial charge in [-0.25, -0.2) is 0 Å². The van der Waals surface area contributed by atoms with Gasteiger partial charge in [0.1, 0.15) is 0 Å². The summed E-state index contributed by atoms with van der Waals surface area (Å²) in [4.78, 5) is 15.8. The molecule has 0 saturated heterocycles. The van der Waals surface area contributed by atoms with E-state index in [9.17, 15) is 0 Å². The number of likely N-dealkylation sites (N-methyl/N-ethyl adjacent to an activating group) is 1. The number of anilines is 2. The fourth-order valence-electron chi connectivity index (χ4n) is 1.84. The fourth-order valence-corrected chi connectivity index (χ4v) is 2.66. The standard InChI is InChI=1S/C14H21N5OS/c1-9(2)20-14-17-12(15)16-13(18-14)19(4)10(3)8-11-6-5-7-21-11/h5-7,9-10H,8H2,1-4H3,(H2,15,16,17,18). The molecule has 0 aliphatic heterocycles. The van der Waals surface area contributed by atoms with Gasteiger partial charge in [0.2, 0.25) is 11.9 Å². The maximum Gasteiger partial charge on any atom is 0.323 e. The number of ether oxygens (including phenoxy) is 1. The summed E-state index contributed by atoms with van der Waals surface area (Å²) in [6.07, 6.45) is 0.925. The van der Waals surface area contributed by atoms with Gasteiger partial charge in [-0.05, 0) is 32.2 Å². The largest absolute Gasteiger partial charge is 0.461 e. The number of nitrogen functional groups attached to an aromatic ring is 1. The van der Waals surface area contributed by atoms with E-state index < -0.39 is 0 Å². The van der Waals surface area contributed by atoms with Gasteiger partial charge in [-0.1, -0.05) is 6.07 Å². The topological polar surface area (TPSA) is 77.2 Å². The van der Waals surface area contributed by atoms with Gasteiger partial charge in [0, 0.05) is 24.4 Å². The molecule has 6 nitrogen and oxygen atoms in total. The lowest BCUT2D eigenvalue weighted by Gasteiger charge is -2.24. The summed E-state index contributed by atoms with van der Waals surface area (Å²) >= 11 is 1.75. The van der Waals surface area contributed by atoms with Crippen molar-refractivity contribution in [2.24, 2.45) is 0 Å². The van der Waals surface area contributed by atoms with Gasteiger partial charge in [-0.15, -0.1) is 11.3 Å². The van der Waals surface area contributed by atoms with Crippen LogP contribution in [0.2, 0.25) is 0 Å². The third kappa shape index (κ3) is 4.29. The van der Waals surface area contributed by atoms with Crippen LogP contribution in [0.1, 0.15) is 25.6 Å². The van der Waals surface area contributed by atoms with Crippen molar-refractivity contribution < 1.29 is 4.74 Å². The normalized spacial score (nSPS) is 12.4. The molecule has 0 radical (unpaired) electrons. The van der Waals surface area contributed by atoms with Gasteiger partial charge in [0.15, 0.2) is 0 Å². The number of rotatable bonds is 6. The number of nitrogens with two attached hydrogens (primary N) is 1. The molecule has 1 unspecified atom stereocenters. The molecule has 2 rings (SSSR count). The monoisotopic (exact) mass is 307 g/mol. The summed E-state index contributed by atoms with van der Waals surface area (Å²) < 4.78 is 5.50. The van der Waals surface area contributed by atoms with Crippen molar-refractivity contribution in [2.45, 2.75) is 39.3 Å². The molecule has 2 aromatic heterocycles. The maximum absolute atomic E-state index is 5.74. The summed E-state index contributed by atoms with van der Waals surface area (Å²) in [5.41, 5.74) is 5.74. The number of nitrogens with zero attached hydrogens (tertiary/aromatic N) is 4. The Balaban J connectivity index is 2.13. The number of hydrogen-bond donors (Lipinski definition) is 1. The first-order chi connectivity index (χ1) is 9.95. The molecule has 7 heteroatoms. The van der Waals surface area contributed by atoms with Crippen LogP contribution < -0.4 is 15.4 Å². The van der Waals surface area contributed by atoms with E-state index >= 15 is 0 Å². The minimum atomic E-state index is -0.00602. The van der Waals surface area contributed by atoms with Gasteiger partial charge in [0.05, 0.1) is 6.10 Å². The Morgan fingerprint density at radius 3 is 2.67 bits per heavy atom. The zero-order valence-corrected chi connectivity index (χ0v) is 13.6. The summed E-state index contributed by atoms with van der Waals surface area (Å²) in [5, 5.41) is 2.08. The third-order valence-electron chi connectivity index (χ3n) is 3.01. The molecular weight excluding hydrogens is 286 g/mol. The Morgan fingerprint density at radius 2 is 2.05 bits per heavy atom. The van der Waals surface area contributed by atoms with Crippen LogP contribution >= 0.6 is 11.3 Å². The van der Waals surface area contributed by atoms with Crippen LogP contribution in [0.3, 0.4) is 0 Å². The molecule has 2 N–H and O–H groups in total. The maximum atomic E-state index is 5.74. The molecule has 0 aliphatic carbocycles. The molecule has 21 heavy (non-hydrogen) atoms. The van der Waals surface area contributed by atoms with E-state index in [0.29, 0.717) is 5.95 Å². The van der Waals surface area contributed by atoms with Gasteiger partial charge in [0.25, 0.3) is 0 Å². The molecule has 0 spiro atoms. The molecule has 2 aromatic rings. The van der Waals surface area contributed by atoms with Crippen LogP contribution in [-0.2, 0) is 6.42 Å². The van der Waals surface area contributed by atoms with Crippen LogP contribution in [0.5, 0.6) is 6.01 Å². The first-order valence-corrected chi connectivity index (χ1v) is 7.77. The summed E-state index contributed by atoms with van der Waals surface area (Å²) in [7, 11) is 1.95. The van der Waals surface area contributed by atoms with Crippen molar-refractivity contribution in [1.82, 2.24) is 15.0 Å². The number of hydrogen-bond acceptors (Lipinski definition) is 7. The van der Waals surface area contributed by atoms with Crippen molar-refractivity contribution >= 4 is 23.2 Å². The third-order valence-corrected chi connectivity index (χ3v) is 3.91. The summed E-state index contributed by atoms with van der Waals surface area (Å²) in [6.45, 7) is 5.97. The molecule has 114 valence electrons. The first kappa shape index (κ1) is 15.5. The molecule has 2 heterocycles. The van der Waals surface area contributed by atoms with Crippen molar-refractivity contribution in [3.8, 4) is 6.01 Å². The van der Waals surface area contributed by atoms with Gasteiger partial charge in [-0.2, -0.15) is 15.0 Å². The lowest BCUT2D eigenvalue weighted by atomic mass is 10.2. The second-order valence-electron chi connectivity index (χ2n) is 5.19. The second kappa shape index (κ2) is 6.71. The average molecular weight is 307 g/mol. The Labute approximate surface area is 129 Å². The zero-order chi connectivity index (χ0) is 15.4. The molecule has 0 amide bonds. The summed E-state index contributed by atoms with van der Waals surface area (Å²) in [5.74, 6) is 0.702. The first-order valence-electron chi connectivity index (χ1n) is 6.89. The highest BCUT2D eigenvalue weighted by atomic mass is 32.1. The van der Waals surface area contributed by atoms with E-state index in [4.69, 9.17) is 10.5 Å². The highest BCUT2D eigenvalue weighted by Gasteiger charge is 2.16. The molecule has 0 saturated carbocycles. The molecule has 0 fully saturated rings. The van der Waals surface area contributed by atoms with Crippen molar-refractivity contribution in [3.05, 3.63) is 22.4 Å². The van der Waals surface area contributed by atoms with Crippen LogP contribution in [0.25, 0.3) is 0 Å².